The molecule has 82 valence electrons. The zero-order valence-corrected chi connectivity index (χ0v) is 8.61. The molecule has 0 saturated carbocycles. The number of carbonyl (C=O) groups excluding carboxylic acids is 1. The van der Waals surface area contributed by atoms with Gasteiger partial charge >= 0.3 is 5.97 Å². The Morgan fingerprint density at radius 2 is 2.20 bits per heavy atom. The molecule has 15 heavy (non-hydrogen) atoms. The molecule has 0 heterocycles. The Bertz CT molecular complexity index is 351. The first-order valence-corrected chi connectivity index (χ1v) is 4.52. The number of rotatable bonds is 3. The number of aryl methyl sites for hydroxylation is 1. The van der Waals surface area contributed by atoms with Crippen LogP contribution in [0.5, 0.6) is 0 Å². The Hall–Kier alpha value is -1.42. The van der Waals surface area contributed by atoms with Crippen LogP contribution in [0.25, 0.3) is 0 Å². The van der Waals surface area contributed by atoms with Crippen LogP contribution in [0.3, 0.4) is 0 Å². The summed E-state index contributed by atoms with van der Waals surface area (Å²) in [6, 6.07) is 6.70. The molecule has 1 aromatic carbocycles. The second kappa shape index (κ2) is 4.89. The minimum atomic E-state index is -2.04. The third-order valence-corrected chi connectivity index (χ3v) is 2.09. The molecule has 0 aliphatic carbocycles. The van der Waals surface area contributed by atoms with Crippen molar-refractivity contribution in [2.45, 2.75) is 19.2 Å². The molecule has 3 nitrogen and oxygen atoms in total. The lowest BCUT2D eigenvalue weighted by Crippen LogP contribution is -2.25. The molecular formula is C11H13FO3. The Labute approximate surface area is 87.5 Å². The maximum absolute atomic E-state index is 13.3. The van der Waals surface area contributed by atoms with E-state index in [0.29, 0.717) is 5.56 Å². The number of hydrogen-bond donors (Lipinski definition) is 1. The van der Waals surface area contributed by atoms with Crippen LogP contribution < -0.4 is 0 Å². The first-order valence-electron chi connectivity index (χ1n) is 4.52. The summed E-state index contributed by atoms with van der Waals surface area (Å²) in [4.78, 5) is 10.9. The van der Waals surface area contributed by atoms with Gasteiger partial charge in [-0.3, -0.25) is 0 Å². The highest BCUT2D eigenvalue weighted by Crippen LogP contribution is 2.20. The van der Waals surface area contributed by atoms with Crippen molar-refractivity contribution in [3.63, 3.8) is 0 Å². The van der Waals surface area contributed by atoms with Crippen molar-refractivity contribution in [1.82, 2.24) is 0 Å². The van der Waals surface area contributed by atoms with E-state index in [4.69, 9.17) is 0 Å². The van der Waals surface area contributed by atoms with Gasteiger partial charge in [-0.15, -0.1) is 0 Å². The zero-order valence-electron chi connectivity index (χ0n) is 8.61. The summed E-state index contributed by atoms with van der Waals surface area (Å²) in [5.41, 5.74) is 1.26. The number of methoxy groups -OCH3 is 1. The summed E-state index contributed by atoms with van der Waals surface area (Å²) >= 11 is 0. The van der Waals surface area contributed by atoms with Gasteiger partial charge in [-0.25, -0.2) is 9.18 Å². The number of ether oxygens (including phenoxy) is 1. The average molecular weight is 212 g/mol. The van der Waals surface area contributed by atoms with Crippen LogP contribution in [0.1, 0.15) is 17.2 Å². The first kappa shape index (κ1) is 11.7. The van der Waals surface area contributed by atoms with E-state index in [0.717, 1.165) is 12.7 Å². The summed E-state index contributed by atoms with van der Waals surface area (Å²) in [6.45, 7) is 1.82. The SMILES string of the molecule is COC(=O)C(F)C(O)c1cccc(C)c1. The van der Waals surface area contributed by atoms with E-state index in [1.165, 1.54) is 0 Å². The molecule has 1 rings (SSSR count). The molecule has 0 saturated heterocycles. The van der Waals surface area contributed by atoms with Crippen LogP contribution in [0, 0.1) is 6.92 Å². The van der Waals surface area contributed by atoms with Crippen LogP contribution >= 0.6 is 0 Å². The maximum Gasteiger partial charge on any atom is 0.343 e. The molecule has 4 heteroatoms. The maximum atomic E-state index is 13.3. The quantitative estimate of drug-likeness (QED) is 0.773. The van der Waals surface area contributed by atoms with E-state index >= 15 is 0 Å². The minimum Gasteiger partial charge on any atom is -0.467 e. The smallest absolute Gasteiger partial charge is 0.343 e. The number of aliphatic hydroxyl groups excluding tert-OH is 1. The summed E-state index contributed by atoms with van der Waals surface area (Å²) in [6.07, 6.45) is -3.52. The molecule has 2 unspecified atom stereocenters. The largest absolute Gasteiger partial charge is 0.467 e. The number of halogens is 1. The summed E-state index contributed by atoms with van der Waals surface area (Å²) in [5, 5.41) is 9.54. The molecule has 1 N–H and O–H groups in total. The van der Waals surface area contributed by atoms with Gasteiger partial charge in [-0.05, 0) is 12.5 Å². The van der Waals surface area contributed by atoms with Crippen LogP contribution in [-0.2, 0) is 9.53 Å². The van der Waals surface area contributed by atoms with Crippen molar-refractivity contribution in [1.29, 1.82) is 0 Å². The summed E-state index contributed by atoms with van der Waals surface area (Å²) in [5.74, 6) is -1.07. The van der Waals surface area contributed by atoms with Gasteiger partial charge in [0.05, 0.1) is 7.11 Å². The molecule has 0 aromatic heterocycles. The van der Waals surface area contributed by atoms with Crippen LogP contribution in [0.2, 0.25) is 0 Å². The second-order valence-electron chi connectivity index (χ2n) is 3.28. The van der Waals surface area contributed by atoms with Crippen LogP contribution in [0.15, 0.2) is 24.3 Å². The second-order valence-corrected chi connectivity index (χ2v) is 3.28. The fraction of sp³-hybridized carbons (Fsp3) is 0.364. The lowest BCUT2D eigenvalue weighted by molar-refractivity contribution is -0.151. The van der Waals surface area contributed by atoms with Gasteiger partial charge in [0.1, 0.15) is 6.10 Å². The Balaban J connectivity index is 2.84. The van der Waals surface area contributed by atoms with Gasteiger partial charge in [-0.1, -0.05) is 29.8 Å². The molecule has 0 amide bonds. The van der Waals surface area contributed by atoms with Crippen molar-refractivity contribution in [3.05, 3.63) is 35.4 Å². The lowest BCUT2D eigenvalue weighted by atomic mass is 10.0. The Morgan fingerprint density at radius 3 is 2.73 bits per heavy atom. The summed E-state index contributed by atoms with van der Waals surface area (Å²) < 4.78 is 17.5. The number of aliphatic hydroxyl groups is 1. The highest BCUT2D eigenvalue weighted by atomic mass is 19.1. The van der Waals surface area contributed by atoms with Crippen molar-refractivity contribution in [3.8, 4) is 0 Å². The highest BCUT2D eigenvalue weighted by molar-refractivity contribution is 5.75. The molecule has 0 spiro atoms. The predicted octanol–water partition coefficient (Wildman–Crippen LogP) is 1.54. The van der Waals surface area contributed by atoms with Gasteiger partial charge in [-0.2, -0.15) is 0 Å². The van der Waals surface area contributed by atoms with Gasteiger partial charge in [0.25, 0.3) is 0 Å². The molecule has 1 aromatic rings. The van der Waals surface area contributed by atoms with Gasteiger partial charge in [0.15, 0.2) is 0 Å². The number of hydrogen-bond acceptors (Lipinski definition) is 3. The molecular weight excluding hydrogens is 199 g/mol. The molecule has 0 fully saturated rings. The zero-order chi connectivity index (χ0) is 11.4. The van der Waals surface area contributed by atoms with E-state index < -0.39 is 18.2 Å². The minimum absolute atomic E-state index is 0.368. The Morgan fingerprint density at radius 1 is 1.53 bits per heavy atom. The highest BCUT2D eigenvalue weighted by Gasteiger charge is 2.28. The van der Waals surface area contributed by atoms with E-state index in [1.54, 1.807) is 18.2 Å². The van der Waals surface area contributed by atoms with Crippen molar-refractivity contribution in [2.24, 2.45) is 0 Å². The molecule has 2 atom stereocenters. The van der Waals surface area contributed by atoms with Gasteiger partial charge < -0.3 is 9.84 Å². The van der Waals surface area contributed by atoms with Crippen LogP contribution in [0.4, 0.5) is 4.39 Å². The number of esters is 1. The Kier molecular flexibility index (Phi) is 3.80. The van der Waals surface area contributed by atoms with Crippen LogP contribution in [-0.4, -0.2) is 24.4 Å². The molecule has 0 aliphatic rings. The number of carbonyl (C=O) groups is 1. The van der Waals surface area contributed by atoms with E-state index in [-0.39, 0.29) is 0 Å². The molecule has 0 radical (unpaired) electrons. The third-order valence-electron chi connectivity index (χ3n) is 2.09. The fourth-order valence-electron chi connectivity index (χ4n) is 1.26. The summed E-state index contributed by atoms with van der Waals surface area (Å²) in [7, 11) is 1.08. The standard InChI is InChI=1S/C11H13FO3/c1-7-4-3-5-8(6-7)10(13)9(12)11(14)15-2/h3-6,9-10,13H,1-2H3. The topological polar surface area (TPSA) is 46.5 Å². The third kappa shape index (κ3) is 2.76. The average Bonchev–Trinajstić information content (AvgIpc) is 2.26. The lowest BCUT2D eigenvalue weighted by Gasteiger charge is -2.14. The van der Waals surface area contributed by atoms with E-state index in [1.807, 2.05) is 13.0 Å². The van der Waals surface area contributed by atoms with Crippen molar-refractivity contribution < 1.29 is 19.0 Å². The number of alkyl halides is 1. The monoisotopic (exact) mass is 212 g/mol. The molecule has 0 aliphatic heterocycles. The number of benzene rings is 1. The fourth-order valence-corrected chi connectivity index (χ4v) is 1.26. The van der Waals surface area contributed by atoms with E-state index in [9.17, 15) is 14.3 Å². The van der Waals surface area contributed by atoms with Crippen molar-refractivity contribution >= 4 is 5.97 Å². The van der Waals surface area contributed by atoms with Gasteiger partial charge in [0.2, 0.25) is 6.17 Å². The van der Waals surface area contributed by atoms with Crippen molar-refractivity contribution in [2.75, 3.05) is 7.11 Å². The van der Waals surface area contributed by atoms with Gasteiger partial charge in [0, 0.05) is 0 Å². The van der Waals surface area contributed by atoms with E-state index in [2.05, 4.69) is 4.74 Å². The predicted molar refractivity (Wildman–Crippen MR) is 53.1 cm³/mol. The molecule has 0 bridgehead atoms. The normalized spacial score (nSPS) is 14.4. The first-order chi connectivity index (χ1) is 7.06.